The Hall–Kier alpha value is -3.91. The van der Waals surface area contributed by atoms with Gasteiger partial charge in [0, 0.05) is 48.5 Å². The fraction of sp³-hybridized carbons (Fsp3) is 0.300. The van der Waals surface area contributed by atoms with E-state index in [0.29, 0.717) is 37.1 Å². The molecule has 0 saturated carbocycles. The molecule has 2 aromatic heterocycles. The first-order valence-corrected chi connectivity index (χ1v) is 13.6. The molecule has 1 amide bonds. The van der Waals surface area contributed by atoms with E-state index in [9.17, 15) is 14.4 Å². The maximum Gasteiger partial charge on any atom is 0.407 e. The number of hydrogen-bond donors (Lipinski definition) is 1. The predicted molar refractivity (Wildman–Crippen MR) is 152 cm³/mol. The number of ketones is 1. The summed E-state index contributed by atoms with van der Waals surface area (Å²) in [5.41, 5.74) is 1.45. The summed E-state index contributed by atoms with van der Waals surface area (Å²) < 4.78 is 7.34. The lowest BCUT2D eigenvalue weighted by Gasteiger charge is -2.33. The van der Waals surface area contributed by atoms with Gasteiger partial charge in [-0.05, 0) is 39.0 Å². The lowest BCUT2D eigenvalue weighted by Crippen LogP contribution is -2.44. The van der Waals surface area contributed by atoms with Crippen LogP contribution in [0.15, 0.2) is 77.6 Å². The van der Waals surface area contributed by atoms with E-state index in [-0.39, 0.29) is 23.0 Å². The number of rotatable bonds is 5. The van der Waals surface area contributed by atoms with Crippen LogP contribution in [-0.2, 0) is 4.74 Å². The number of para-hydroxylation sites is 1. The number of thiophene rings is 1. The number of nitrogens with one attached hydrogen (secondary N) is 1. The largest absolute Gasteiger partial charge is 0.446 e. The van der Waals surface area contributed by atoms with Gasteiger partial charge in [-0.25, -0.2) is 4.79 Å². The van der Waals surface area contributed by atoms with Crippen LogP contribution in [0.1, 0.15) is 49.5 Å². The van der Waals surface area contributed by atoms with Crippen LogP contribution in [-0.4, -0.2) is 41.2 Å². The Kier molecular flexibility index (Phi) is 7.08. The number of carbonyl (C=O) groups excluding carboxylic acids is 2. The van der Waals surface area contributed by atoms with Gasteiger partial charge in [-0.1, -0.05) is 59.9 Å². The van der Waals surface area contributed by atoms with E-state index in [2.05, 4.69) is 10.2 Å². The molecular formula is C30H31N3O4S. The average Bonchev–Trinajstić information content (AvgIpc) is 3.28. The van der Waals surface area contributed by atoms with Crippen LogP contribution < -0.4 is 15.8 Å². The highest BCUT2D eigenvalue weighted by Gasteiger charge is 2.30. The fourth-order valence-corrected chi connectivity index (χ4v) is 6.10. The molecule has 1 saturated heterocycles. The molecule has 38 heavy (non-hydrogen) atoms. The Morgan fingerprint density at radius 3 is 2.18 bits per heavy atom. The molecule has 196 valence electrons. The van der Waals surface area contributed by atoms with Gasteiger partial charge in [-0.2, -0.15) is 0 Å². The van der Waals surface area contributed by atoms with Gasteiger partial charge in [0.05, 0.1) is 11.3 Å². The van der Waals surface area contributed by atoms with E-state index in [4.69, 9.17) is 4.74 Å². The van der Waals surface area contributed by atoms with Crippen molar-refractivity contribution in [1.29, 1.82) is 0 Å². The first-order valence-electron chi connectivity index (χ1n) is 12.8. The number of alkyl carbamates (subject to hydrolysis) is 1. The molecular weight excluding hydrogens is 498 g/mol. The summed E-state index contributed by atoms with van der Waals surface area (Å²) in [7, 11) is 0. The Balaban J connectivity index is 1.52. The molecule has 2 aromatic carbocycles. The molecule has 0 radical (unpaired) electrons. The van der Waals surface area contributed by atoms with Crippen molar-refractivity contribution < 1.29 is 14.3 Å². The molecule has 1 aliphatic rings. The van der Waals surface area contributed by atoms with E-state index < -0.39 is 6.09 Å². The lowest BCUT2D eigenvalue weighted by atomic mass is 10.0. The van der Waals surface area contributed by atoms with Gasteiger partial charge >= 0.3 is 6.09 Å². The highest BCUT2D eigenvalue weighted by Crippen LogP contribution is 2.41. The van der Waals surface area contributed by atoms with Gasteiger partial charge in [-0.15, -0.1) is 0 Å². The third-order valence-electron chi connectivity index (χ3n) is 6.48. The zero-order valence-electron chi connectivity index (χ0n) is 21.8. The Morgan fingerprint density at radius 2 is 1.55 bits per heavy atom. The highest BCUT2D eigenvalue weighted by molar-refractivity contribution is 7.23. The van der Waals surface area contributed by atoms with Crippen molar-refractivity contribution in [3.8, 4) is 5.69 Å². The molecule has 0 unspecified atom stereocenters. The summed E-state index contributed by atoms with van der Waals surface area (Å²) in [5, 5.41) is 4.44. The topological polar surface area (TPSA) is 80.6 Å². The maximum atomic E-state index is 13.9. The molecule has 1 fully saturated rings. The molecule has 7 nitrogen and oxygen atoms in total. The Morgan fingerprint density at radius 1 is 0.921 bits per heavy atom. The first-order chi connectivity index (χ1) is 18.2. The number of hydrogen-bond acceptors (Lipinski definition) is 6. The predicted octanol–water partition coefficient (Wildman–Crippen LogP) is 5.78. The third kappa shape index (κ3) is 5.36. The van der Waals surface area contributed by atoms with Crippen LogP contribution >= 0.6 is 11.3 Å². The van der Waals surface area contributed by atoms with Crippen molar-refractivity contribution in [2.75, 3.05) is 18.0 Å². The van der Waals surface area contributed by atoms with Gasteiger partial charge in [0.1, 0.15) is 15.9 Å². The summed E-state index contributed by atoms with van der Waals surface area (Å²) in [4.78, 5) is 42.1. The van der Waals surface area contributed by atoms with Crippen LogP contribution in [0.3, 0.4) is 0 Å². The minimum Gasteiger partial charge on any atom is -0.446 e. The molecule has 0 atom stereocenters. The van der Waals surface area contributed by atoms with E-state index in [1.54, 1.807) is 10.6 Å². The first kappa shape index (κ1) is 25.7. The van der Waals surface area contributed by atoms with E-state index in [1.807, 2.05) is 81.4 Å². The van der Waals surface area contributed by atoms with Gasteiger partial charge in [-0.3, -0.25) is 14.2 Å². The normalized spacial score (nSPS) is 14.4. The Bertz CT molecular complexity index is 1510. The van der Waals surface area contributed by atoms with Crippen molar-refractivity contribution in [3.05, 3.63) is 94.3 Å². The number of piperidine rings is 1. The van der Waals surface area contributed by atoms with Crippen molar-refractivity contribution in [3.63, 3.8) is 0 Å². The summed E-state index contributed by atoms with van der Waals surface area (Å²) >= 11 is 1.46. The Labute approximate surface area is 225 Å². The molecule has 1 N–H and O–H groups in total. The second-order valence-electron chi connectivity index (χ2n) is 10.5. The quantitative estimate of drug-likeness (QED) is 0.332. The van der Waals surface area contributed by atoms with Gasteiger partial charge < -0.3 is 15.0 Å². The molecule has 3 heterocycles. The van der Waals surface area contributed by atoms with Crippen molar-refractivity contribution in [2.24, 2.45) is 0 Å². The average molecular weight is 530 g/mol. The molecule has 4 aromatic rings. The number of aromatic nitrogens is 1. The number of carbonyl (C=O) groups is 2. The lowest BCUT2D eigenvalue weighted by molar-refractivity contribution is 0.0778. The van der Waals surface area contributed by atoms with E-state index >= 15 is 0 Å². The number of pyridine rings is 1. The third-order valence-corrected chi connectivity index (χ3v) is 7.73. The van der Waals surface area contributed by atoms with Crippen LogP contribution in [0.4, 0.5) is 9.80 Å². The second kappa shape index (κ2) is 10.5. The number of amides is 1. The van der Waals surface area contributed by atoms with E-state index in [0.717, 1.165) is 20.9 Å². The molecule has 0 spiro atoms. The molecule has 1 aliphatic heterocycles. The number of benzene rings is 2. The monoisotopic (exact) mass is 529 g/mol. The van der Waals surface area contributed by atoms with Gasteiger partial charge in [0.25, 0.3) is 5.56 Å². The van der Waals surface area contributed by atoms with Crippen molar-refractivity contribution in [2.45, 2.75) is 45.3 Å². The molecule has 8 heteroatoms. The molecule has 5 rings (SSSR count). The van der Waals surface area contributed by atoms with E-state index in [1.165, 1.54) is 17.4 Å². The fourth-order valence-electron chi connectivity index (χ4n) is 4.73. The minimum atomic E-state index is -0.412. The summed E-state index contributed by atoms with van der Waals surface area (Å²) in [6.45, 7) is 7.01. The highest BCUT2D eigenvalue weighted by atomic mass is 32.1. The summed E-state index contributed by atoms with van der Waals surface area (Å²) in [5.74, 6) is -0.0759. The van der Waals surface area contributed by atoms with Crippen LogP contribution in [0.2, 0.25) is 0 Å². The number of nitrogens with zero attached hydrogens (tertiary/aromatic N) is 2. The smallest absolute Gasteiger partial charge is 0.407 e. The standard InChI is InChI=1S/C30H31N3O4S/c1-30(2,3)31-29(36)37-22-16-18-32(19-17-22)28-25(26(35)20-10-6-4-7-11-20)23-14-15-24(34)33(27(23)38-28)21-12-8-5-9-13-21/h4-15,22H,16-19H2,1-3H3,(H,31,36). The number of fused-ring (bicyclic) bond motifs is 1. The zero-order chi connectivity index (χ0) is 26.9. The minimum absolute atomic E-state index is 0.0759. The summed E-state index contributed by atoms with van der Waals surface area (Å²) in [6.07, 6.45) is 0.690. The molecule has 0 bridgehead atoms. The van der Waals surface area contributed by atoms with Crippen LogP contribution in [0.25, 0.3) is 15.9 Å². The van der Waals surface area contributed by atoms with Gasteiger partial charge in [0.2, 0.25) is 0 Å². The zero-order valence-corrected chi connectivity index (χ0v) is 22.6. The van der Waals surface area contributed by atoms with Gasteiger partial charge in [0.15, 0.2) is 5.78 Å². The summed E-state index contributed by atoms with van der Waals surface area (Å²) in [6, 6.07) is 22.0. The van der Waals surface area contributed by atoms with Crippen LogP contribution in [0, 0.1) is 0 Å². The van der Waals surface area contributed by atoms with Crippen LogP contribution in [0.5, 0.6) is 0 Å². The molecule has 0 aliphatic carbocycles. The number of anilines is 1. The maximum absolute atomic E-state index is 13.9. The SMILES string of the molecule is CC(C)(C)NC(=O)OC1CCN(c2sc3c(ccc(=O)n3-c3ccccc3)c2C(=O)c2ccccc2)CC1. The second-order valence-corrected chi connectivity index (χ2v) is 11.5. The number of ether oxygens (including phenoxy) is 1. The van der Waals surface area contributed by atoms with Crippen molar-refractivity contribution >= 4 is 38.4 Å². The van der Waals surface area contributed by atoms with Crippen molar-refractivity contribution in [1.82, 2.24) is 9.88 Å².